The fraction of sp³-hybridized carbons (Fsp3) is 0.300. The number of nitrogens with zero attached hydrogens (tertiary/aromatic N) is 3. The summed E-state index contributed by atoms with van der Waals surface area (Å²) in [5.41, 5.74) is 1.49. The second-order valence-corrected chi connectivity index (χ2v) is 8.89. The lowest BCUT2D eigenvalue weighted by Gasteiger charge is -2.29. The summed E-state index contributed by atoms with van der Waals surface area (Å²) >= 11 is 11.0. The lowest BCUT2D eigenvalue weighted by atomic mass is 10.2. The highest BCUT2D eigenvalue weighted by molar-refractivity contribution is 9.10. The number of amides is 1. The molecule has 8 heteroatoms. The number of anilines is 1. The van der Waals surface area contributed by atoms with Gasteiger partial charge in [-0.05, 0) is 42.5 Å². The zero-order chi connectivity index (χ0) is 19.5. The summed E-state index contributed by atoms with van der Waals surface area (Å²) in [7, 11) is 0. The molecule has 5 nitrogen and oxygen atoms in total. The van der Waals surface area contributed by atoms with E-state index in [4.69, 9.17) is 21.3 Å². The van der Waals surface area contributed by atoms with E-state index in [1.165, 1.54) is 11.3 Å². The van der Waals surface area contributed by atoms with Crippen molar-refractivity contribution < 1.29 is 9.53 Å². The van der Waals surface area contributed by atoms with Gasteiger partial charge < -0.3 is 4.74 Å². The van der Waals surface area contributed by atoms with E-state index in [2.05, 4.69) is 20.8 Å². The first-order valence-electron chi connectivity index (χ1n) is 9.04. The van der Waals surface area contributed by atoms with Crippen molar-refractivity contribution in [2.24, 2.45) is 0 Å². The van der Waals surface area contributed by atoms with Gasteiger partial charge >= 0.3 is 0 Å². The van der Waals surface area contributed by atoms with E-state index < -0.39 is 0 Å². The fourth-order valence-corrected chi connectivity index (χ4v) is 4.63. The van der Waals surface area contributed by atoms with Crippen molar-refractivity contribution in [2.45, 2.75) is 0 Å². The summed E-state index contributed by atoms with van der Waals surface area (Å²) in [6, 6.07) is 13.0. The minimum Gasteiger partial charge on any atom is -0.379 e. The Kier molecular flexibility index (Phi) is 6.28. The molecular formula is C20H19BrClN3O2S. The Hall–Kier alpha value is -1.51. The Morgan fingerprint density at radius 2 is 1.96 bits per heavy atom. The van der Waals surface area contributed by atoms with E-state index in [1.807, 2.05) is 42.5 Å². The van der Waals surface area contributed by atoms with Gasteiger partial charge in [0.25, 0.3) is 5.91 Å². The van der Waals surface area contributed by atoms with Gasteiger partial charge in [-0.2, -0.15) is 0 Å². The van der Waals surface area contributed by atoms with Gasteiger partial charge in [-0.25, -0.2) is 4.98 Å². The van der Waals surface area contributed by atoms with Crippen LogP contribution in [0.1, 0.15) is 10.4 Å². The maximum Gasteiger partial charge on any atom is 0.260 e. The van der Waals surface area contributed by atoms with Crippen molar-refractivity contribution in [3.63, 3.8) is 0 Å². The first-order chi connectivity index (χ1) is 13.6. The maximum absolute atomic E-state index is 13.3. The number of hydrogen-bond donors (Lipinski definition) is 0. The standard InChI is InChI=1S/C20H19BrClN3O2S/c21-15-3-1-14(2-4-15)19(26)25(8-7-24-9-11-27-12-10-24)20-23-17-6-5-16(22)13-18(17)28-20/h1-6,13H,7-12H2. The number of benzene rings is 2. The topological polar surface area (TPSA) is 45.7 Å². The summed E-state index contributed by atoms with van der Waals surface area (Å²) in [6.07, 6.45) is 0. The summed E-state index contributed by atoms with van der Waals surface area (Å²) < 4.78 is 7.34. The molecular weight excluding hydrogens is 462 g/mol. The maximum atomic E-state index is 13.3. The molecule has 1 fully saturated rings. The smallest absolute Gasteiger partial charge is 0.260 e. The van der Waals surface area contributed by atoms with Crippen molar-refractivity contribution in [2.75, 3.05) is 44.3 Å². The third-order valence-electron chi connectivity index (χ3n) is 4.65. The van der Waals surface area contributed by atoms with Crippen LogP contribution in [0.5, 0.6) is 0 Å². The number of thiazole rings is 1. The van der Waals surface area contributed by atoms with Crippen LogP contribution in [0, 0.1) is 0 Å². The van der Waals surface area contributed by atoms with Crippen LogP contribution in [0.15, 0.2) is 46.9 Å². The number of carbonyl (C=O) groups is 1. The Labute approximate surface area is 181 Å². The number of rotatable bonds is 5. The van der Waals surface area contributed by atoms with Crippen LogP contribution in [-0.4, -0.2) is 55.2 Å². The molecule has 146 valence electrons. The van der Waals surface area contributed by atoms with Crippen molar-refractivity contribution >= 4 is 60.1 Å². The second-order valence-electron chi connectivity index (χ2n) is 6.53. The minimum atomic E-state index is -0.0501. The largest absolute Gasteiger partial charge is 0.379 e. The summed E-state index contributed by atoms with van der Waals surface area (Å²) in [4.78, 5) is 22.1. The van der Waals surface area contributed by atoms with Gasteiger partial charge in [0.1, 0.15) is 0 Å². The summed E-state index contributed by atoms with van der Waals surface area (Å²) in [5.74, 6) is -0.0501. The van der Waals surface area contributed by atoms with Gasteiger partial charge in [0.15, 0.2) is 5.13 Å². The average molecular weight is 481 g/mol. The molecule has 0 unspecified atom stereocenters. The molecule has 1 aliphatic heterocycles. The highest BCUT2D eigenvalue weighted by atomic mass is 79.9. The molecule has 0 atom stereocenters. The van der Waals surface area contributed by atoms with Gasteiger partial charge in [-0.3, -0.25) is 14.6 Å². The number of aromatic nitrogens is 1. The third-order valence-corrected chi connectivity index (χ3v) is 6.45. The molecule has 0 spiro atoms. The van der Waals surface area contributed by atoms with Gasteiger partial charge in [0, 0.05) is 41.2 Å². The highest BCUT2D eigenvalue weighted by Gasteiger charge is 2.23. The zero-order valence-electron chi connectivity index (χ0n) is 15.1. The minimum absolute atomic E-state index is 0.0501. The van der Waals surface area contributed by atoms with Gasteiger partial charge in [-0.15, -0.1) is 0 Å². The van der Waals surface area contributed by atoms with Crippen LogP contribution in [0.3, 0.4) is 0 Å². The molecule has 1 aliphatic rings. The third kappa shape index (κ3) is 4.55. The first kappa shape index (κ1) is 19.8. The quantitative estimate of drug-likeness (QED) is 0.531. The highest BCUT2D eigenvalue weighted by Crippen LogP contribution is 2.31. The molecule has 3 aromatic rings. The van der Waals surface area contributed by atoms with Gasteiger partial charge in [0.2, 0.25) is 0 Å². The van der Waals surface area contributed by atoms with Crippen LogP contribution in [0.4, 0.5) is 5.13 Å². The summed E-state index contributed by atoms with van der Waals surface area (Å²) in [5, 5.41) is 1.36. The van der Waals surface area contributed by atoms with Crippen LogP contribution in [0.2, 0.25) is 5.02 Å². The molecule has 1 saturated heterocycles. The van der Waals surface area contributed by atoms with Crippen LogP contribution in [0.25, 0.3) is 10.2 Å². The number of hydrogen-bond acceptors (Lipinski definition) is 5. The zero-order valence-corrected chi connectivity index (χ0v) is 18.3. The molecule has 2 heterocycles. The first-order valence-corrected chi connectivity index (χ1v) is 11.0. The Morgan fingerprint density at radius 1 is 1.21 bits per heavy atom. The second kappa shape index (κ2) is 8.88. The Morgan fingerprint density at radius 3 is 2.71 bits per heavy atom. The molecule has 0 aliphatic carbocycles. The molecule has 28 heavy (non-hydrogen) atoms. The SMILES string of the molecule is O=C(c1ccc(Br)cc1)N(CCN1CCOCC1)c1nc2ccc(Cl)cc2s1. The normalized spacial score (nSPS) is 15.1. The molecule has 0 saturated carbocycles. The van der Waals surface area contributed by atoms with Crippen molar-refractivity contribution in [3.8, 4) is 0 Å². The number of halogens is 2. The van der Waals surface area contributed by atoms with Gasteiger partial charge in [-0.1, -0.05) is 38.9 Å². The van der Waals surface area contributed by atoms with E-state index in [-0.39, 0.29) is 5.91 Å². The summed E-state index contributed by atoms with van der Waals surface area (Å²) in [6.45, 7) is 4.59. The fourth-order valence-electron chi connectivity index (χ4n) is 3.10. The Balaban J connectivity index is 1.62. The molecule has 0 N–H and O–H groups in total. The number of fused-ring (bicyclic) bond motifs is 1. The van der Waals surface area contributed by atoms with Gasteiger partial charge in [0.05, 0.1) is 23.4 Å². The van der Waals surface area contributed by atoms with E-state index in [0.717, 1.165) is 47.5 Å². The van der Waals surface area contributed by atoms with E-state index >= 15 is 0 Å². The van der Waals surface area contributed by atoms with Crippen LogP contribution < -0.4 is 4.90 Å². The molecule has 1 aromatic heterocycles. The lowest BCUT2D eigenvalue weighted by Crippen LogP contribution is -2.43. The van der Waals surface area contributed by atoms with Crippen molar-refractivity contribution in [1.82, 2.24) is 9.88 Å². The van der Waals surface area contributed by atoms with Crippen molar-refractivity contribution in [3.05, 3.63) is 57.5 Å². The van der Waals surface area contributed by atoms with E-state index in [0.29, 0.717) is 22.3 Å². The average Bonchev–Trinajstić information content (AvgIpc) is 3.12. The van der Waals surface area contributed by atoms with Crippen LogP contribution >= 0.6 is 38.9 Å². The predicted octanol–water partition coefficient (Wildman–Crippen LogP) is 4.69. The lowest BCUT2D eigenvalue weighted by molar-refractivity contribution is 0.0391. The molecule has 0 radical (unpaired) electrons. The van der Waals surface area contributed by atoms with Crippen LogP contribution in [-0.2, 0) is 4.74 Å². The number of carbonyl (C=O) groups excluding carboxylic acids is 1. The number of ether oxygens (including phenoxy) is 1. The molecule has 4 rings (SSSR count). The predicted molar refractivity (Wildman–Crippen MR) is 118 cm³/mol. The molecule has 2 aromatic carbocycles. The van der Waals surface area contributed by atoms with E-state index in [1.54, 1.807) is 4.90 Å². The number of morpholine rings is 1. The molecule has 0 bridgehead atoms. The van der Waals surface area contributed by atoms with E-state index in [9.17, 15) is 4.79 Å². The monoisotopic (exact) mass is 479 g/mol. The Bertz CT molecular complexity index is 973. The molecule has 1 amide bonds. The van der Waals surface area contributed by atoms with Crippen molar-refractivity contribution in [1.29, 1.82) is 0 Å².